The van der Waals surface area contributed by atoms with Gasteiger partial charge in [-0.2, -0.15) is 0 Å². The molecule has 0 N–H and O–H groups in total. The molecule has 1 heterocycles. The van der Waals surface area contributed by atoms with Crippen LogP contribution in [0.2, 0.25) is 5.02 Å². The van der Waals surface area contributed by atoms with Gasteiger partial charge in [0, 0.05) is 11.6 Å². The van der Waals surface area contributed by atoms with Crippen molar-refractivity contribution in [2.24, 2.45) is 0 Å². The maximum absolute atomic E-state index is 11.8. The lowest BCUT2D eigenvalue weighted by Crippen LogP contribution is -2.24. The molecule has 0 aliphatic carbocycles. The van der Waals surface area contributed by atoms with Crippen LogP contribution in [-0.2, 0) is 9.53 Å². The second-order valence-electron chi connectivity index (χ2n) is 4.44. The number of hydrogen-bond acceptors (Lipinski definition) is 5. The Morgan fingerprint density at radius 1 is 1.43 bits per heavy atom. The van der Waals surface area contributed by atoms with Crippen LogP contribution < -0.4 is 4.74 Å². The molecule has 0 radical (unpaired) electrons. The number of aromatic nitrogens is 1. The molecule has 1 atom stereocenters. The molecule has 2 aromatic rings. The number of carbonyl (C=O) groups excluding carboxylic acids is 1. The van der Waals surface area contributed by atoms with Gasteiger partial charge in [0.15, 0.2) is 0 Å². The zero-order valence-corrected chi connectivity index (χ0v) is 13.2. The highest BCUT2D eigenvalue weighted by Gasteiger charge is 2.19. The first-order valence-electron chi connectivity index (χ1n) is 6.68. The number of rotatable bonds is 6. The number of hydrogen-bond donors (Lipinski definition) is 1. The summed E-state index contributed by atoms with van der Waals surface area (Å²) in [6.07, 6.45) is 3.41. The lowest BCUT2D eigenvalue weighted by molar-refractivity contribution is -0.147. The molecule has 21 heavy (non-hydrogen) atoms. The van der Waals surface area contributed by atoms with Crippen molar-refractivity contribution in [3.8, 4) is 5.75 Å². The predicted molar refractivity (Wildman–Crippen MR) is 86.0 cm³/mol. The van der Waals surface area contributed by atoms with Crippen molar-refractivity contribution in [1.29, 1.82) is 0 Å². The van der Waals surface area contributed by atoms with Gasteiger partial charge in [-0.25, -0.2) is 4.79 Å². The average molecular weight is 326 g/mol. The third kappa shape index (κ3) is 4.02. The van der Waals surface area contributed by atoms with E-state index in [0.29, 0.717) is 22.9 Å². The second-order valence-corrected chi connectivity index (χ2v) is 5.31. The lowest BCUT2D eigenvalue weighted by atomic mass is 10.2. The normalized spacial score (nSPS) is 12.1. The van der Waals surface area contributed by atoms with Crippen LogP contribution in [0.4, 0.5) is 0 Å². The molecule has 0 fully saturated rings. The SMILES string of the molecule is CCCCOC(=O)C(S)Oc1ccc(Cl)c2cccnc12. The fourth-order valence-corrected chi connectivity index (χ4v) is 2.17. The van der Waals surface area contributed by atoms with Gasteiger partial charge in [0.1, 0.15) is 11.3 Å². The van der Waals surface area contributed by atoms with Crippen LogP contribution in [0, 0.1) is 0 Å². The summed E-state index contributed by atoms with van der Waals surface area (Å²) in [4.78, 5) is 16.0. The Bertz CT molecular complexity index is 635. The first-order valence-corrected chi connectivity index (χ1v) is 7.57. The molecule has 1 unspecified atom stereocenters. The molecular formula is C15H16ClNO3S. The highest BCUT2D eigenvalue weighted by Crippen LogP contribution is 2.30. The quantitative estimate of drug-likeness (QED) is 0.379. The molecule has 0 spiro atoms. The fourth-order valence-electron chi connectivity index (χ4n) is 1.76. The number of thiol groups is 1. The highest BCUT2D eigenvalue weighted by atomic mass is 35.5. The molecule has 6 heteroatoms. The molecule has 0 amide bonds. The Kier molecular flexibility index (Phi) is 5.70. The standard InChI is InChI=1S/C15H16ClNO3S/c1-2-3-9-19-14(18)15(21)20-12-7-6-11(16)10-5-4-8-17-13(10)12/h4-8,15,21H,2-3,9H2,1H3. The average Bonchev–Trinajstić information content (AvgIpc) is 2.50. The zero-order valence-electron chi connectivity index (χ0n) is 11.6. The number of benzene rings is 1. The predicted octanol–water partition coefficient (Wildman–Crippen LogP) is 3.87. The van der Waals surface area contributed by atoms with E-state index in [2.05, 4.69) is 17.6 Å². The third-order valence-corrected chi connectivity index (χ3v) is 3.51. The van der Waals surface area contributed by atoms with Crippen LogP contribution in [0.5, 0.6) is 5.75 Å². The summed E-state index contributed by atoms with van der Waals surface area (Å²) in [5.41, 5.74) is -0.404. The van der Waals surface area contributed by atoms with Crippen LogP contribution >= 0.6 is 24.2 Å². The van der Waals surface area contributed by atoms with Crippen LogP contribution in [0.25, 0.3) is 10.9 Å². The van der Waals surface area contributed by atoms with E-state index in [9.17, 15) is 4.79 Å². The minimum Gasteiger partial charge on any atom is -0.466 e. The molecule has 0 saturated carbocycles. The fraction of sp³-hybridized carbons (Fsp3) is 0.333. The van der Waals surface area contributed by atoms with Crippen molar-refractivity contribution < 1.29 is 14.3 Å². The van der Waals surface area contributed by atoms with Crippen molar-refractivity contribution >= 4 is 41.1 Å². The Hall–Kier alpha value is -1.46. The molecule has 0 aliphatic rings. The molecular weight excluding hydrogens is 310 g/mol. The van der Waals surface area contributed by atoms with Crippen molar-refractivity contribution in [3.05, 3.63) is 35.5 Å². The minimum absolute atomic E-state index is 0.370. The van der Waals surface area contributed by atoms with Gasteiger partial charge in [0.25, 0.3) is 0 Å². The van der Waals surface area contributed by atoms with Gasteiger partial charge >= 0.3 is 5.97 Å². The summed E-state index contributed by atoms with van der Waals surface area (Å²) in [6.45, 7) is 2.39. The molecule has 4 nitrogen and oxygen atoms in total. The van der Waals surface area contributed by atoms with E-state index < -0.39 is 11.4 Å². The largest absolute Gasteiger partial charge is 0.466 e. The van der Waals surface area contributed by atoms with Gasteiger partial charge in [0.2, 0.25) is 5.44 Å². The first-order chi connectivity index (χ1) is 10.1. The van der Waals surface area contributed by atoms with Crippen LogP contribution in [0.15, 0.2) is 30.5 Å². The Morgan fingerprint density at radius 3 is 3.00 bits per heavy atom. The monoisotopic (exact) mass is 325 g/mol. The molecule has 1 aromatic carbocycles. The Labute approximate surface area is 133 Å². The number of fused-ring (bicyclic) bond motifs is 1. The van der Waals surface area contributed by atoms with Gasteiger partial charge < -0.3 is 9.47 Å². The Morgan fingerprint density at radius 2 is 2.24 bits per heavy atom. The number of nitrogens with zero attached hydrogens (tertiary/aromatic N) is 1. The van der Waals surface area contributed by atoms with Gasteiger partial charge in [-0.05, 0) is 30.7 Å². The van der Waals surface area contributed by atoms with Gasteiger partial charge in [-0.1, -0.05) is 24.9 Å². The summed E-state index contributed by atoms with van der Waals surface area (Å²) in [5, 5.41) is 1.34. The molecule has 0 aliphatic heterocycles. The maximum Gasteiger partial charge on any atom is 0.357 e. The third-order valence-electron chi connectivity index (χ3n) is 2.86. The van der Waals surface area contributed by atoms with Crippen LogP contribution in [0.1, 0.15) is 19.8 Å². The smallest absolute Gasteiger partial charge is 0.357 e. The van der Waals surface area contributed by atoms with Gasteiger partial charge in [-0.15, -0.1) is 12.6 Å². The van der Waals surface area contributed by atoms with Crippen molar-refractivity contribution in [2.45, 2.75) is 25.2 Å². The topological polar surface area (TPSA) is 48.4 Å². The minimum atomic E-state index is -0.992. The highest BCUT2D eigenvalue weighted by molar-refractivity contribution is 7.81. The van der Waals surface area contributed by atoms with Crippen LogP contribution in [0.3, 0.4) is 0 Å². The number of halogens is 1. The summed E-state index contributed by atoms with van der Waals surface area (Å²) in [6, 6.07) is 6.99. The summed E-state index contributed by atoms with van der Waals surface area (Å²) in [5.74, 6) is -0.0618. The maximum atomic E-state index is 11.8. The van der Waals surface area contributed by atoms with Crippen molar-refractivity contribution in [1.82, 2.24) is 4.98 Å². The van der Waals surface area contributed by atoms with Gasteiger partial charge in [-0.3, -0.25) is 4.98 Å². The molecule has 0 bridgehead atoms. The molecule has 2 rings (SSSR count). The number of esters is 1. The molecule has 112 valence electrons. The van der Waals surface area contributed by atoms with E-state index in [4.69, 9.17) is 21.1 Å². The second kappa shape index (κ2) is 7.52. The van der Waals surface area contributed by atoms with Crippen LogP contribution in [-0.4, -0.2) is 23.0 Å². The summed E-state index contributed by atoms with van der Waals surface area (Å²) in [7, 11) is 0. The molecule has 1 aromatic heterocycles. The molecule has 0 saturated heterocycles. The number of pyridine rings is 1. The number of carbonyl (C=O) groups is 1. The number of ether oxygens (including phenoxy) is 2. The summed E-state index contributed by atoms with van der Waals surface area (Å²) >= 11 is 10.2. The van der Waals surface area contributed by atoms with E-state index in [-0.39, 0.29) is 0 Å². The first kappa shape index (κ1) is 15.9. The van der Waals surface area contributed by atoms with Crippen molar-refractivity contribution in [3.63, 3.8) is 0 Å². The van der Waals surface area contributed by atoms with E-state index in [0.717, 1.165) is 18.2 Å². The van der Waals surface area contributed by atoms with Crippen molar-refractivity contribution in [2.75, 3.05) is 6.61 Å². The number of unbranched alkanes of at least 4 members (excludes halogenated alkanes) is 1. The van der Waals surface area contributed by atoms with E-state index in [1.807, 2.05) is 13.0 Å². The Balaban J connectivity index is 2.13. The van der Waals surface area contributed by atoms with E-state index >= 15 is 0 Å². The van der Waals surface area contributed by atoms with E-state index in [1.54, 1.807) is 24.4 Å². The van der Waals surface area contributed by atoms with E-state index in [1.165, 1.54) is 0 Å². The zero-order chi connectivity index (χ0) is 15.2. The summed E-state index contributed by atoms with van der Waals surface area (Å²) < 4.78 is 10.6. The van der Waals surface area contributed by atoms with Gasteiger partial charge in [0.05, 0.1) is 11.6 Å². The lowest BCUT2D eigenvalue weighted by Gasteiger charge is -2.14.